The molecule has 2 aliphatic rings. The molecule has 4 amide bonds. The molecule has 1 heterocycles. The van der Waals surface area contributed by atoms with E-state index in [9.17, 15) is 18.8 Å². The number of halogens is 1. The SMILES string of the molecule is CC(=O)N1CCN(C(=O)CC2CC(C(C)C)C(CNC(=O)Nc3cccc(F)c3)C=C2C)CC1. The first-order valence-corrected chi connectivity index (χ1v) is 12.2. The van der Waals surface area contributed by atoms with Crippen LogP contribution in [-0.4, -0.2) is 60.4 Å². The van der Waals surface area contributed by atoms with E-state index in [1.165, 1.54) is 17.7 Å². The lowest BCUT2D eigenvalue weighted by atomic mass is 9.69. The first-order chi connectivity index (χ1) is 16.1. The van der Waals surface area contributed by atoms with Crippen molar-refractivity contribution in [2.75, 3.05) is 38.0 Å². The Morgan fingerprint density at radius 3 is 2.41 bits per heavy atom. The summed E-state index contributed by atoms with van der Waals surface area (Å²) in [4.78, 5) is 40.5. The molecule has 2 N–H and O–H groups in total. The monoisotopic (exact) mass is 472 g/mol. The van der Waals surface area contributed by atoms with Crippen molar-refractivity contribution in [2.24, 2.45) is 23.7 Å². The van der Waals surface area contributed by atoms with Crippen LogP contribution >= 0.6 is 0 Å². The number of benzene rings is 1. The van der Waals surface area contributed by atoms with Crippen molar-refractivity contribution >= 4 is 23.5 Å². The lowest BCUT2D eigenvalue weighted by molar-refractivity contribution is -0.139. The van der Waals surface area contributed by atoms with Gasteiger partial charge in [-0.3, -0.25) is 9.59 Å². The molecule has 1 aliphatic heterocycles. The summed E-state index contributed by atoms with van der Waals surface area (Å²) in [6, 6.07) is 5.45. The molecule has 1 aromatic rings. The fourth-order valence-electron chi connectivity index (χ4n) is 5.07. The third-order valence-corrected chi connectivity index (χ3v) is 7.16. The average Bonchev–Trinajstić information content (AvgIpc) is 2.79. The topological polar surface area (TPSA) is 81.8 Å². The molecule has 1 aromatic carbocycles. The van der Waals surface area contributed by atoms with Crippen LogP contribution in [0.25, 0.3) is 0 Å². The number of carbonyl (C=O) groups is 3. The van der Waals surface area contributed by atoms with Crippen molar-refractivity contribution in [3.63, 3.8) is 0 Å². The number of hydrogen-bond acceptors (Lipinski definition) is 3. The van der Waals surface area contributed by atoms with Crippen LogP contribution in [0.2, 0.25) is 0 Å². The second-order valence-corrected chi connectivity index (χ2v) is 9.85. The fraction of sp³-hybridized carbons (Fsp3) is 0.577. The Balaban J connectivity index is 1.56. The van der Waals surface area contributed by atoms with Crippen molar-refractivity contribution in [1.82, 2.24) is 15.1 Å². The maximum Gasteiger partial charge on any atom is 0.319 e. The molecule has 1 fully saturated rings. The molecule has 1 aliphatic carbocycles. The number of nitrogens with one attached hydrogen (secondary N) is 2. The van der Waals surface area contributed by atoms with Crippen LogP contribution in [0.5, 0.6) is 0 Å². The van der Waals surface area contributed by atoms with Crippen LogP contribution in [0, 0.1) is 29.5 Å². The fourth-order valence-corrected chi connectivity index (χ4v) is 5.07. The molecule has 0 aromatic heterocycles. The van der Waals surface area contributed by atoms with Crippen molar-refractivity contribution in [2.45, 2.75) is 40.5 Å². The smallest absolute Gasteiger partial charge is 0.319 e. The molecule has 1 saturated heterocycles. The molecule has 0 radical (unpaired) electrons. The van der Waals surface area contributed by atoms with E-state index >= 15 is 0 Å². The van der Waals surface area contributed by atoms with Gasteiger partial charge < -0.3 is 20.4 Å². The Labute approximate surface area is 201 Å². The lowest BCUT2D eigenvalue weighted by Gasteiger charge is -2.39. The van der Waals surface area contributed by atoms with Crippen molar-refractivity contribution in [3.05, 3.63) is 41.7 Å². The van der Waals surface area contributed by atoms with Gasteiger partial charge in [0, 0.05) is 51.8 Å². The highest BCUT2D eigenvalue weighted by Crippen LogP contribution is 2.39. The number of anilines is 1. The molecule has 186 valence electrons. The molecule has 7 nitrogen and oxygen atoms in total. The van der Waals surface area contributed by atoms with E-state index in [0.29, 0.717) is 56.7 Å². The molecule has 0 saturated carbocycles. The lowest BCUT2D eigenvalue weighted by Crippen LogP contribution is -2.50. The summed E-state index contributed by atoms with van der Waals surface area (Å²) in [5, 5.41) is 5.60. The number of urea groups is 1. The third-order valence-electron chi connectivity index (χ3n) is 7.16. The maximum atomic E-state index is 13.4. The number of piperazine rings is 1. The van der Waals surface area contributed by atoms with E-state index in [0.717, 1.165) is 6.42 Å². The summed E-state index contributed by atoms with van der Waals surface area (Å²) >= 11 is 0. The molecular formula is C26H37FN4O3. The van der Waals surface area contributed by atoms with Crippen LogP contribution < -0.4 is 10.6 Å². The van der Waals surface area contributed by atoms with Gasteiger partial charge in [0.2, 0.25) is 11.8 Å². The van der Waals surface area contributed by atoms with E-state index in [1.807, 2.05) is 4.90 Å². The largest absolute Gasteiger partial charge is 0.339 e. The van der Waals surface area contributed by atoms with Gasteiger partial charge in [-0.05, 0) is 55.2 Å². The Bertz CT molecular complexity index is 924. The van der Waals surface area contributed by atoms with Gasteiger partial charge in [0.05, 0.1) is 0 Å². The van der Waals surface area contributed by atoms with Crippen LogP contribution in [0.4, 0.5) is 14.9 Å². The molecular weight excluding hydrogens is 435 g/mol. The Kier molecular flexibility index (Phi) is 8.69. The van der Waals surface area contributed by atoms with Crippen LogP contribution in [0.1, 0.15) is 40.5 Å². The van der Waals surface area contributed by atoms with Gasteiger partial charge in [-0.2, -0.15) is 0 Å². The maximum absolute atomic E-state index is 13.4. The summed E-state index contributed by atoms with van der Waals surface area (Å²) < 4.78 is 13.4. The van der Waals surface area contributed by atoms with E-state index in [1.54, 1.807) is 24.0 Å². The predicted molar refractivity (Wildman–Crippen MR) is 131 cm³/mol. The number of amides is 4. The van der Waals surface area contributed by atoms with Crippen molar-refractivity contribution in [3.8, 4) is 0 Å². The zero-order chi connectivity index (χ0) is 24.8. The van der Waals surface area contributed by atoms with Crippen molar-refractivity contribution < 1.29 is 18.8 Å². The van der Waals surface area contributed by atoms with Gasteiger partial charge in [-0.1, -0.05) is 31.6 Å². The minimum absolute atomic E-state index is 0.0576. The summed E-state index contributed by atoms with van der Waals surface area (Å²) in [5.41, 5.74) is 1.60. The van der Waals surface area contributed by atoms with Gasteiger partial charge in [0.25, 0.3) is 0 Å². The van der Waals surface area contributed by atoms with Crippen molar-refractivity contribution in [1.29, 1.82) is 0 Å². The standard InChI is InChI=1S/C26H37FN4O3/c1-17(2)24-13-20(14-25(33)31-10-8-30(9-11-31)19(4)32)18(3)12-21(24)16-28-26(34)29-23-7-5-6-22(27)15-23/h5-7,12,15,17,20-21,24H,8-11,13-14,16H2,1-4H3,(H2,28,29,34). The highest BCUT2D eigenvalue weighted by molar-refractivity contribution is 5.89. The molecule has 3 atom stereocenters. The second kappa shape index (κ2) is 11.5. The van der Waals surface area contributed by atoms with Gasteiger partial charge in [0.15, 0.2) is 0 Å². The Morgan fingerprint density at radius 1 is 1.12 bits per heavy atom. The first-order valence-electron chi connectivity index (χ1n) is 12.2. The van der Waals surface area contributed by atoms with E-state index < -0.39 is 5.82 Å². The summed E-state index contributed by atoms with van der Waals surface area (Å²) in [6.45, 7) is 10.9. The molecule has 8 heteroatoms. The van der Waals surface area contributed by atoms with Gasteiger partial charge >= 0.3 is 6.03 Å². The molecule has 3 rings (SSSR count). The molecule has 0 spiro atoms. The van der Waals surface area contributed by atoms with Gasteiger partial charge in [-0.15, -0.1) is 0 Å². The summed E-state index contributed by atoms with van der Waals surface area (Å²) in [5.74, 6) is 0.901. The summed E-state index contributed by atoms with van der Waals surface area (Å²) in [7, 11) is 0. The quantitative estimate of drug-likeness (QED) is 0.617. The van der Waals surface area contributed by atoms with E-state index in [4.69, 9.17) is 0 Å². The number of nitrogens with zero attached hydrogens (tertiary/aromatic N) is 2. The minimum atomic E-state index is -0.398. The minimum Gasteiger partial charge on any atom is -0.339 e. The number of allylic oxidation sites excluding steroid dienone is 1. The Hall–Kier alpha value is -2.90. The number of hydrogen-bond donors (Lipinski definition) is 2. The van der Waals surface area contributed by atoms with E-state index in [-0.39, 0.29) is 29.7 Å². The average molecular weight is 473 g/mol. The van der Waals surface area contributed by atoms with E-state index in [2.05, 4.69) is 37.5 Å². The second-order valence-electron chi connectivity index (χ2n) is 9.85. The highest BCUT2D eigenvalue weighted by atomic mass is 19.1. The zero-order valence-corrected chi connectivity index (χ0v) is 20.6. The molecule has 34 heavy (non-hydrogen) atoms. The molecule has 3 unspecified atom stereocenters. The van der Waals surface area contributed by atoms with Gasteiger partial charge in [0.1, 0.15) is 5.82 Å². The first kappa shape index (κ1) is 25.7. The zero-order valence-electron chi connectivity index (χ0n) is 20.6. The third kappa shape index (κ3) is 6.81. The van der Waals surface area contributed by atoms with Crippen LogP contribution in [-0.2, 0) is 9.59 Å². The number of carbonyl (C=O) groups excluding carboxylic acids is 3. The number of rotatable bonds is 6. The molecule has 0 bridgehead atoms. The highest BCUT2D eigenvalue weighted by Gasteiger charge is 2.34. The Morgan fingerprint density at radius 2 is 1.79 bits per heavy atom. The van der Waals surface area contributed by atoms with Gasteiger partial charge in [-0.25, -0.2) is 9.18 Å². The predicted octanol–water partition coefficient (Wildman–Crippen LogP) is 3.88. The van der Waals surface area contributed by atoms with Crippen LogP contribution in [0.15, 0.2) is 35.9 Å². The van der Waals surface area contributed by atoms with Crippen LogP contribution in [0.3, 0.4) is 0 Å². The summed E-state index contributed by atoms with van der Waals surface area (Å²) in [6.07, 6.45) is 3.59. The normalized spacial score (nSPS) is 22.9.